The van der Waals surface area contributed by atoms with Crippen LogP contribution in [0.5, 0.6) is 17.2 Å². The van der Waals surface area contributed by atoms with E-state index in [9.17, 15) is 20.0 Å². The Morgan fingerprint density at radius 2 is 2.04 bits per heavy atom. The first kappa shape index (κ1) is 17.0. The molecule has 0 radical (unpaired) electrons. The minimum Gasteiger partial charge on any atom is -0.506 e. The molecule has 0 spiro atoms. The summed E-state index contributed by atoms with van der Waals surface area (Å²) in [6, 6.07) is 8.32. The number of hydrogen-bond acceptors (Lipinski definition) is 6. The highest BCUT2D eigenvalue weighted by molar-refractivity contribution is 6.32. The van der Waals surface area contributed by atoms with Gasteiger partial charge in [0.05, 0.1) is 21.9 Å². The van der Waals surface area contributed by atoms with Gasteiger partial charge in [0.1, 0.15) is 29.5 Å². The third kappa shape index (κ3) is 3.51. The van der Waals surface area contributed by atoms with Gasteiger partial charge >= 0.3 is 0 Å². The van der Waals surface area contributed by atoms with Crippen molar-refractivity contribution in [2.75, 3.05) is 6.61 Å². The summed E-state index contributed by atoms with van der Waals surface area (Å²) in [5.74, 6) is 0.345. The Balaban J connectivity index is 1.75. The van der Waals surface area contributed by atoms with E-state index in [2.05, 4.69) is 0 Å². The maximum atomic E-state index is 12.3. The predicted octanol–water partition coefficient (Wildman–Crippen LogP) is 3.76. The van der Waals surface area contributed by atoms with Gasteiger partial charge in [-0.3, -0.25) is 14.9 Å². The van der Waals surface area contributed by atoms with Crippen molar-refractivity contribution in [1.82, 2.24) is 0 Å². The number of rotatable bonds is 4. The van der Waals surface area contributed by atoms with Gasteiger partial charge in [-0.05, 0) is 25.1 Å². The van der Waals surface area contributed by atoms with E-state index >= 15 is 0 Å². The van der Waals surface area contributed by atoms with Crippen LogP contribution in [0, 0.1) is 10.1 Å². The number of carbonyl (C=O) groups is 1. The number of aromatic hydroxyl groups is 1. The summed E-state index contributed by atoms with van der Waals surface area (Å²) in [7, 11) is 0. The first-order valence-corrected chi connectivity index (χ1v) is 7.77. The average Bonchev–Trinajstić information content (AvgIpc) is 2.55. The van der Waals surface area contributed by atoms with Crippen LogP contribution in [0.3, 0.4) is 0 Å². The predicted molar refractivity (Wildman–Crippen MR) is 89.7 cm³/mol. The van der Waals surface area contributed by atoms with Crippen LogP contribution in [0.25, 0.3) is 0 Å². The summed E-state index contributed by atoms with van der Waals surface area (Å²) in [5, 5.41) is 20.4. The zero-order valence-electron chi connectivity index (χ0n) is 13.2. The van der Waals surface area contributed by atoms with Gasteiger partial charge in [0.2, 0.25) is 0 Å². The largest absolute Gasteiger partial charge is 0.506 e. The summed E-state index contributed by atoms with van der Waals surface area (Å²) in [5.41, 5.74) is -0.688. The molecule has 1 aliphatic heterocycles. The number of nitro benzene ring substituents is 1. The first-order valence-electron chi connectivity index (χ1n) is 7.39. The van der Waals surface area contributed by atoms with Crippen LogP contribution in [0.15, 0.2) is 36.4 Å². The minimum absolute atomic E-state index is 0.0361. The summed E-state index contributed by atoms with van der Waals surface area (Å²) in [6.45, 7) is 1.79. The van der Waals surface area contributed by atoms with Crippen molar-refractivity contribution >= 4 is 23.1 Å². The standard InChI is InChI=1S/C17H14ClNO6/c1-17(9-24-11-4-2-10(3-5-11)19(22)23)8-15(21)12-6-14(20)13(18)7-16(12)25-17/h2-7,20H,8-9H2,1H3. The Labute approximate surface area is 147 Å². The second-order valence-electron chi connectivity index (χ2n) is 5.99. The third-order valence-corrected chi connectivity index (χ3v) is 4.13. The molecular formula is C17H14ClNO6. The Morgan fingerprint density at radius 1 is 1.36 bits per heavy atom. The van der Waals surface area contributed by atoms with Gasteiger partial charge in [0.15, 0.2) is 5.78 Å². The van der Waals surface area contributed by atoms with E-state index in [-0.39, 0.29) is 46.6 Å². The molecule has 25 heavy (non-hydrogen) atoms. The van der Waals surface area contributed by atoms with Gasteiger partial charge in [-0.25, -0.2) is 0 Å². The molecule has 1 N–H and O–H groups in total. The molecule has 1 heterocycles. The van der Waals surface area contributed by atoms with Crippen molar-refractivity contribution in [3.63, 3.8) is 0 Å². The van der Waals surface area contributed by atoms with E-state index in [1.807, 2.05) is 0 Å². The summed E-state index contributed by atoms with van der Waals surface area (Å²) < 4.78 is 11.5. The number of hydrogen-bond donors (Lipinski definition) is 1. The smallest absolute Gasteiger partial charge is 0.269 e. The number of benzene rings is 2. The van der Waals surface area contributed by atoms with Crippen LogP contribution >= 0.6 is 11.6 Å². The van der Waals surface area contributed by atoms with Crippen molar-refractivity contribution < 1.29 is 24.3 Å². The number of nitro groups is 1. The zero-order valence-corrected chi connectivity index (χ0v) is 13.9. The van der Waals surface area contributed by atoms with Crippen LogP contribution in [0.4, 0.5) is 5.69 Å². The van der Waals surface area contributed by atoms with Crippen molar-refractivity contribution in [3.8, 4) is 17.2 Å². The molecule has 3 rings (SSSR count). The second kappa shape index (κ2) is 6.25. The van der Waals surface area contributed by atoms with Gasteiger partial charge < -0.3 is 14.6 Å². The lowest BCUT2D eigenvalue weighted by molar-refractivity contribution is -0.384. The molecule has 1 unspecified atom stereocenters. The van der Waals surface area contributed by atoms with E-state index in [1.54, 1.807) is 6.92 Å². The van der Waals surface area contributed by atoms with Gasteiger partial charge in [0.25, 0.3) is 5.69 Å². The highest BCUT2D eigenvalue weighted by Crippen LogP contribution is 2.39. The SMILES string of the molecule is CC1(COc2ccc([N+](=O)[O-])cc2)CC(=O)c2cc(O)c(Cl)cc2O1. The lowest BCUT2D eigenvalue weighted by atomic mass is 9.92. The molecular weight excluding hydrogens is 350 g/mol. The van der Waals surface area contributed by atoms with E-state index in [0.717, 1.165) is 0 Å². The lowest BCUT2D eigenvalue weighted by Gasteiger charge is -2.34. The molecule has 7 nitrogen and oxygen atoms in total. The number of phenolic OH excluding ortho intramolecular Hbond substituents is 1. The van der Waals surface area contributed by atoms with Gasteiger partial charge in [-0.15, -0.1) is 0 Å². The topological polar surface area (TPSA) is 98.9 Å². The number of Topliss-reactive ketones (excluding diaryl/α,β-unsaturated/α-hetero) is 1. The van der Waals surface area contributed by atoms with E-state index in [0.29, 0.717) is 5.75 Å². The van der Waals surface area contributed by atoms with Gasteiger partial charge in [-0.1, -0.05) is 11.6 Å². The molecule has 0 saturated heterocycles. The first-order chi connectivity index (χ1) is 11.8. The molecule has 0 amide bonds. The van der Waals surface area contributed by atoms with Crippen LogP contribution in [-0.4, -0.2) is 28.0 Å². The highest BCUT2D eigenvalue weighted by atomic mass is 35.5. The molecule has 1 aliphatic rings. The number of ether oxygens (including phenoxy) is 2. The number of carbonyl (C=O) groups excluding carboxylic acids is 1. The van der Waals surface area contributed by atoms with Crippen LogP contribution < -0.4 is 9.47 Å². The molecule has 0 aliphatic carbocycles. The van der Waals surface area contributed by atoms with Crippen LogP contribution in [0.1, 0.15) is 23.7 Å². The zero-order chi connectivity index (χ0) is 18.2. The van der Waals surface area contributed by atoms with E-state index < -0.39 is 10.5 Å². The summed E-state index contributed by atoms with van der Waals surface area (Å²) >= 11 is 5.87. The maximum Gasteiger partial charge on any atom is 0.269 e. The molecule has 1 atom stereocenters. The number of ketones is 1. The monoisotopic (exact) mass is 363 g/mol. The fourth-order valence-corrected chi connectivity index (χ4v) is 2.72. The highest BCUT2D eigenvalue weighted by Gasteiger charge is 2.38. The molecule has 0 saturated carbocycles. The number of fused-ring (bicyclic) bond motifs is 1. The quantitative estimate of drug-likeness (QED) is 0.656. The number of non-ortho nitro benzene ring substituents is 1. The number of halogens is 1. The Hall–Kier alpha value is -2.80. The number of nitrogens with zero attached hydrogens (tertiary/aromatic N) is 1. The Morgan fingerprint density at radius 3 is 2.68 bits per heavy atom. The molecule has 8 heteroatoms. The Bertz CT molecular complexity index is 851. The van der Waals surface area contributed by atoms with Gasteiger partial charge in [-0.2, -0.15) is 0 Å². The molecule has 0 fully saturated rings. The molecule has 2 aromatic rings. The van der Waals surface area contributed by atoms with Gasteiger partial charge in [0, 0.05) is 18.2 Å². The van der Waals surface area contributed by atoms with Crippen molar-refractivity contribution in [1.29, 1.82) is 0 Å². The average molecular weight is 364 g/mol. The fraction of sp³-hybridized carbons (Fsp3) is 0.235. The van der Waals surface area contributed by atoms with Crippen LogP contribution in [0.2, 0.25) is 5.02 Å². The van der Waals surface area contributed by atoms with Crippen molar-refractivity contribution in [3.05, 3.63) is 57.1 Å². The minimum atomic E-state index is -0.924. The maximum absolute atomic E-state index is 12.3. The molecule has 0 aromatic heterocycles. The van der Waals surface area contributed by atoms with Crippen LogP contribution in [-0.2, 0) is 0 Å². The lowest BCUT2D eigenvalue weighted by Crippen LogP contribution is -2.44. The summed E-state index contributed by atoms with van der Waals surface area (Å²) in [6.07, 6.45) is 0.0635. The molecule has 2 aromatic carbocycles. The summed E-state index contributed by atoms with van der Waals surface area (Å²) in [4.78, 5) is 22.5. The molecule has 0 bridgehead atoms. The van der Waals surface area contributed by atoms with E-state index in [4.69, 9.17) is 21.1 Å². The number of phenols is 1. The third-order valence-electron chi connectivity index (χ3n) is 3.83. The Kier molecular flexibility index (Phi) is 4.26. The van der Waals surface area contributed by atoms with Crippen molar-refractivity contribution in [2.45, 2.75) is 18.9 Å². The molecule has 130 valence electrons. The van der Waals surface area contributed by atoms with E-state index in [1.165, 1.54) is 36.4 Å². The normalized spacial score (nSPS) is 19.0. The van der Waals surface area contributed by atoms with Crippen molar-refractivity contribution in [2.24, 2.45) is 0 Å². The second-order valence-corrected chi connectivity index (χ2v) is 6.40. The fourth-order valence-electron chi connectivity index (χ4n) is 2.56.